The standard InChI is InChI=1S/C14H17F3/c1-10-4-3-9-13(10,2)11-5-7-12(8-6-11)14(15,16)17/h5-8,10H,3-4,9H2,1-2H3. The molecule has 3 heteroatoms. The minimum absolute atomic E-state index is 0.0458. The van der Waals surface area contributed by atoms with Crippen molar-refractivity contribution in [1.82, 2.24) is 0 Å². The van der Waals surface area contributed by atoms with Crippen LogP contribution in [0.4, 0.5) is 13.2 Å². The van der Waals surface area contributed by atoms with Gasteiger partial charge in [-0.25, -0.2) is 0 Å². The van der Waals surface area contributed by atoms with Crippen LogP contribution in [0.15, 0.2) is 24.3 Å². The normalized spacial score (nSPS) is 29.6. The second-order valence-electron chi connectivity index (χ2n) is 5.29. The van der Waals surface area contributed by atoms with Gasteiger partial charge in [0.15, 0.2) is 0 Å². The fourth-order valence-corrected chi connectivity index (χ4v) is 2.81. The molecule has 2 unspecified atom stereocenters. The SMILES string of the molecule is CC1CCCC1(C)c1ccc(C(F)(F)F)cc1. The first kappa shape index (κ1) is 12.5. The molecule has 1 aliphatic rings. The van der Waals surface area contributed by atoms with Gasteiger partial charge in [-0.05, 0) is 41.9 Å². The van der Waals surface area contributed by atoms with Gasteiger partial charge in [-0.1, -0.05) is 32.4 Å². The molecule has 1 aromatic rings. The molecule has 0 saturated heterocycles. The molecule has 0 bridgehead atoms. The number of hydrogen-bond acceptors (Lipinski definition) is 0. The summed E-state index contributed by atoms with van der Waals surface area (Å²) in [5.74, 6) is 0.541. The van der Waals surface area contributed by atoms with Gasteiger partial charge in [-0.2, -0.15) is 13.2 Å². The Morgan fingerprint density at radius 1 is 1.18 bits per heavy atom. The van der Waals surface area contributed by atoms with Gasteiger partial charge in [0.1, 0.15) is 0 Å². The molecule has 0 radical (unpaired) electrons. The predicted molar refractivity (Wildman–Crippen MR) is 61.8 cm³/mol. The van der Waals surface area contributed by atoms with E-state index in [4.69, 9.17) is 0 Å². The molecular formula is C14H17F3. The Balaban J connectivity index is 2.30. The van der Waals surface area contributed by atoms with Crippen molar-refractivity contribution in [3.8, 4) is 0 Å². The molecule has 1 aliphatic carbocycles. The third-order valence-corrected chi connectivity index (χ3v) is 4.29. The van der Waals surface area contributed by atoms with Crippen LogP contribution in [0.25, 0.3) is 0 Å². The van der Waals surface area contributed by atoms with E-state index in [1.165, 1.54) is 18.6 Å². The molecule has 2 atom stereocenters. The highest BCUT2D eigenvalue weighted by atomic mass is 19.4. The van der Waals surface area contributed by atoms with Gasteiger partial charge in [-0.3, -0.25) is 0 Å². The Kier molecular flexibility index (Phi) is 2.96. The van der Waals surface area contributed by atoms with Crippen molar-refractivity contribution in [2.24, 2.45) is 5.92 Å². The maximum atomic E-state index is 12.5. The van der Waals surface area contributed by atoms with Gasteiger partial charge in [0.05, 0.1) is 5.56 Å². The number of halogens is 3. The fourth-order valence-electron chi connectivity index (χ4n) is 2.81. The lowest BCUT2D eigenvalue weighted by molar-refractivity contribution is -0.137. The van der Waals surface area contributed by atoms with Crippen molar-refractivity contribution in [2.45, 2.75) is 44.7 Å². The molecule has 1 saturated carbocycles. The van der Waals surface area contributed by atoms with E-state index in [0.717, 1.165) is 18.4 Å². The summed E-state index contributed by atoms with van der Waals surface area (Å²) >= 11 is 0. The van der Waals surface area contributed by atoms with Crippen LogP contribution in [0.2, 0.25) is 0 Å². The predicted octanol–water partition coefficient (Wildman–Crippen LogP) is 4.78. The second-order valence-corrected chi connectivity index (χ2v) is 5.29. The summed E-state index contributed by atoms with van der Waals surface area (Å²) in [5, 5.41) is 0. The second kappa shape index (κ2) is 4.04. The van der Waals surface area contributed by atoms with E-state index in [1.807, 2.05) is 0 Å². The summed E-state index contributed by atoms with van der Waals surface area (Å²) in [7, 11) is 0. The molecule has 1 fully saturated rings. The summed E-state index contributed by atoms with van der Waals surface area (Å²) in [6.07, 6.45) is -0.837. The van der Waals surface area contributed by atoms with Crippen molar-refractivity contribution in [2.75, 3.05) is 0 Å². The Morgan fingerprint density at radius 2 is 1.76 bits per heavy atom. The number of alkyl halides is 3. The monoisotopic (exact) mass is 242 g/mol. The fraction of sp³-hybridized carbons (Fsp3) is 0.571. The third-order valence-electron chi connectivity index (χ3n) is 4.29. The lowest BCUT2D eigenvalue weighted by Gasteiger charge is -2.30. The Labute approximate surface area is 99.8 Å². The topological polar surface area (TPSA) is 0 Å². The van der Waals surface area contributed by atoms with Crippen LogP contribution in [0.3, 0.4) is 0 Å². The van der Waals surface area contributed by atoms with E-state index in [9.17, 15) is 13.2 Å². The van der Waals surface area contributed by atoms with Crippen LogP contribution in [-0.4, -0.2) is 0 Å². The molecule has 0 heterocycles. The molecule has 0 nitrogen and oxygen atoms in total. The molecule has 17 heavy (non-hydrogen) atoms. The highest BCUT2D eigenvalue weighted by Crippen LogP contribution is 2.45. The molecule has 0 amide bonds. The quantitative estimate of drug-likeness (QED) is 0.664. The van der Waals surface area contributed by atoms with E-state index in [2.05, 4.69) is 13.8 Å². The first-order valence-corrected chi connectivity index (χ1v) is 6.02. The van der Waals surface area contributed by atoms with Crippen LogP contribution in [0.1, 0.15) is 44.2 Å². The molecular weight excluding hydrogens is 225 g/mol. The van der Waals surface area contributed by atoms with Crippen molar-refractivity contribution in [1.29, 1.82) is 0 Å². The summed E-state index contributed by atoms with van der Waals surface area (Å²) in [5.41, 5.74) is 0.524. The summed E-state index contributed by atoms with van der Waals surface area (Å²) in [4.78, 5) is 0. The first-order chi connectivity index (χ1) is 7.84. The number of rotatable bonds is 1. The average Bonchev–Trinajstić information content (AvgIpc) is 2.60. The Bertz CT molecular complexity index is 391. The van der Waals surface area contributed by atoms with Gasteiger partial charge >= 0.3 is 6.18 Å². The van der Waals surface area contributed by atoms with Gasteiger partial charge in [0.2, 0.25) is 0 Å². The summed E-state index contributed by atoms with van der Waals surface area (Å²) in [6, 6.07) is 5.69. The van der Waals surface area contributed by atoms with Gasteiger partial charge in [-0.15, -0.1) is 0 Å². The minimum atomic E-state index is -4.24. The number of hydrogen-bond donors (Lipinski definition) is 0. The Hall–Kier alpha value is -0.990. The molecule has 0 aliphatic heterocycles. The maximum absolute atomic E-state index is 12.5. The van der Waals surface area contributed by atoms with Crippen LogP contribution >= 0.6 is 0 Å². The van der Waals surface area contributed by atoms with Crippen molar-refractivity contribution >= 4 is 0 Å². The van der Waals surface area contributed by atoms with Crippen molar-refractivity contribution < 1.29 is 13.2 Å². The van der Waals surface area contributed by atoms with E-state index in [1.54, 1.807) is 12.1 Å². The van der Waals surface area contributed by atoms with E-state index >= 15 is 0 Å². The largest absolute Gasteiger partial charge is 0.416 e. The zero-order valence-corrected chi connectivity index (χ0v) is 10.1. The molecule has 0 spiro atoms. The third kappa shape index (κ3) is 2.20. The highest BCUT2D eigenvalue weighted by molar-refractivity contribution is 5.31. The van der Waals surface area contributed by atoms with Crippen LogP contribution in [0.5, 0.6) is 0 Å². The van der Waals surface area contributed by atoms with Gasteiger partial charge < -0.3 is 0 Å². The first-order valence-electron chi connectivity index (χ1n) is 6.02. The van der Waals surface area contributed by atoms with E-state index in [-0.39, 0.29) is 5.41 Å². The molecule has 1 aromatic carbocycles. The van der Waals surface area contributed by atoms with Crippen LogP contribution < -0.4 is 0 Å². The van der Waals surface area contributed by atoms with Gasteiger partial charge in [0, 0.05) is 0 Å². The lowest BCUT2D eigenvalue weighted by Crippen LogP contribution is -2.24. The zero-order chi connectivity index (χ0) is 12.7. The van der Waals surface area contributed by atoms with E-state index < -0.39 is 11.7 Å². The smallest absolute Gasteiger partial charge is 0.166 e. The molecule has 2 rings (SSSR count). The molecule has 0 aromatic heterocycles. The maximum Gasteiger partial charge on any atom is 0.416 e. The Morgan fingerprint density at radius 3 is 2.18 bits per heavy atom. The summed E-state index contributed by atoms with van der Waals surface area (Å²) < 4.78 is 37.4. The van der Waals surface area contributed by atoms with Crippen molar-refractivity contribution in [3.05, 3.63) is 35.4 Å². The van der Waals surface area contributed by atoms with Gasteiger partial charge in [0.25, 0.3) is 0 Å². The molecule has 0 N–H and O–H groups in total. The molecule has 94 valence electrons. The highest BCUT2D eigenvalue weighted by Gasteiger charge is 2.38. The van der Waals surface area contributed by atoms with Crippen LogP contribution in [0, 0.1) is 5.92 Å². The van der Waals surface area contributed by atoms with E-state index in [0.29, 0.717) is 5.92 Å². The summed E-state index contributed by atoms with van der Waals surface area (Å²) in [6.45, 7) is 4.35. The average molecular weight is 242 g/mol. The minimum Gasteiger partial charge on any atom is -0.166 e. The van der Waals surface area contributed by atoms with Crippen LogP contribution in [-0.2, 0) is 11.6 Å². The lowest BCUT2D eigenvalue weighted by atomic mass is 9.75. The van der Waals surface area contributed by atoms with Crippen molar-refractivity contribution in [3.63, 3.8) is 0 Å². The number of benzene rings is 1. The zero-order valence-electron chi connectivity index (χ0n) is 10.1.